The van der Waals surface area contributed by atoms with Crippen molar-refractivity contribution in [3.63, 3.8) is 0 Å². The Kier molecular flexibility index (Phi) is 7.71. The number of piperazine rings is 1. The van der Waals surface area contributed by atoms with Gasteiger partial charge in [0.15, 0.2) is 5.82 Å². The zero-order valence-corrected chi connectivity index (χ0v) is 22.8. The molecule has 40 heavy (non-hydrogen) atoms. The van der Waals surface area contributed by atoms with Gasteiger partial charge in [-0.05, 0) is 87.4 Å². The SMILES string of the molecule is Nc1nnc(-c2ccccc2O)cc1N1CC2CCC(C1)N2c1ccnc(C#CCN2CCCC(CO)CC2)c1. The number of anilines is 3. The fourth-order valence-electron chi connectivity index (χ4n) is 6.44. The monoisotopic (exact) mass is 539 g/mol. The van der Waals surface area contributed by atoms with Crippen LogP contribution >= 0.6 is 0 Å². The molecule has 3 aromatic rings. The lowest BCUT2D eigenvalue weighted by Crippen LogP contribution is -2.54. The van der Waals surface area contributed by atoms with E-state index in [0.717, 1.165) is 76.2 Å². The Morgan fingerprint density at radius 2 is 1.80 bits per heavy atom. The van der Waals surface area contributed by atoms with Crippen LogP contribution in [0.5, 0.6) is 5.75 Å². The molecule has 3 atom stereocenters. The maximum atomic E-state index is 10.3. The van der Waals surface area contributed by atoms with Crippen molar-refractivity contribution >= 4 is 17.2 Å². The number of hydrogen-bond donors (Lipinski definition) is 3. The molecule has 9 nitrogen and oxygen atoms in total. The van der Waals surface area contributed by atoms with Gasteiger partial charge in [-0.15, -0.1) is 10.2 Å². The summed E-state index contributed by atoms with van der Waals surface area (Å²) in [4.78, 5) is 11.8. The molecule has 3 saturated heterocycles. The number of aliphatic hydroxyl groups is 1. The number of phenols is 1. The van der Waals surface area contributed by atoms with Gasteiger partial charge in [-0.25, -0.2) is 4.98 Å². The fourth-order valence-corrected chi connectivity index (χ4v) is 6.44. The Balaban J connectivity index is 1.15. The van der Waals surface area contributed by atoms with Gasteiger partial charge in [0.25, 0.3) is 0 Å². The number of likely N-dealkylation sites (tertiary alicyclic amines) is 1. The molecule has 3 unspecified atom stereocenters. The predicted molar refractivity (Wildman–Crippen MR) is 157 cm³/mol. The number of nitrogens with zero attached hydrogens (tertiary/aromatic N) is 6. The molecule has 3 aliphatic heterocycles. The number of nitrogens with two attached hydrogens (primary N) is 1. The van der Waals surface area contributed by atoms with Crippen LogP contribution in [0, 0.1) is 17.8 Å². The lowest BCUT2D eigenvalue weighted by atomic mass is 10.0. The van der Waals surface area contributed by atoms with Crippen molar-refractivity contribution in [1.29, 1.82) is 0 Å². The van der Waals surface area contributed by atoms with Gasteiger partial charge in [-0.2, -0.15) is 0 Å². The summed E-state index contributed by atoms with van der Waals surface area (Å²) in [5.74, 6) is 7.64. The molecule has 0 amide bonds. The molecule has 4 N–H and O–H groups in total. The largest absolute Gasteiger partial charge is 0.507 e. The second-order valence-electron chi connectivity index (χ2n) is 11.2. The second-order valence-corrected chi connectivity index (χ2v) is 11.2. The molecule has 5 heterocycles. The number of rotatable bonds is 5. The zero-order valence-electron chi connectivity index (χ0n) is 22.8. The van der Waals surface area contributed by atoms with E-state index in [1.165, 1.54) is 5.69 Å². The summed E-state index contributed by atoms with van der Waals surface area (Å²) in [5, 5.41) is 28.3. The van der Waals surface area contributed by atoms with Crippen LogP contribution in [0.4, 0.5) is 17.2 Å². The number of para-hydroxylation sites is 1. The number of benzene rings is 1. The third-order valence-electron chi connectivity index (χ3n) is 8.56. The number of aromatic hydroxyl groups is 1. The number of phenolic OH excluding ortho intramolecular Hbond substituents is 1. The van der Waals surface area contributed by atoms with Gasteiger partial charge in [-0.3, -0.25) is 4.90 Å². The maximum absolute atomic E-state index is 10.3. The van der Waals surface area contributed by atoms with E-state index in [9.17, 15) is 10.2 Å². The number of aliphatic hydroxyl groups excluding tert-OH is 1. The summed E-state index contributed by atoms with van der Waals surface area (Å²) in [5.41, 5.74) is 10.4. The molecule has 0 spiro atoms. The van der Waals surface area contributed by atoms with Gasteiger partial charge >= 0.3 is 0 Å². The molecular weight excluding hydrogens is 502 g/mol. The summed E-state index contributed by atoms with van der Waals surface area (Å²) >= 11 is 0. The Bertz CT molecular complexity index is 1390. The van der Waals surface area contributed by atoms with Crippen molar-refractivity contribution in [3.8, 4) is 28.8 Å². The highest BCUT2D eigenvalue weighted by molar-refractivity contribution is 5.74. The summed E-state index contributed by atoms with van der Waals surface area (Å²) < 4.78 is 0. The topological polar surface area (TPSA) is 115 Å². The van der Waals surface area contributed by atoms with Crippen molar-refractivity contribution < 1.29 is 10.2 Å². The fraction of sp³-hybridized carbons (Fsp3) is 0.452. The summed E-state index contributed by atoms with van der Waals surface area (Å²) in [7, 11) is 0. The first-order chi connectivity index (χ1) is 19.6. The molecule has 9 heteroatoms. The Labute approximate surface area is 235 Å². The van der Waals surface area contributed by atoms with E-state index in [1.54, 1.807) is 12.1 Å². The minimum Gasteiger partial charge on any atom is -0.507 e. The van der Waals surface area contributed by atoms with Crippen LogP contribution in [0.1, 0.15) is 37.8 Å². The molecule has 0 aliphatic carbocycles. The van der Waals surface area contributed by atoms with Crippen LogP contribution in [0.3, 0.4) is 0 Å². The van der Waals surface area contributed by atoms with Crippen LogP contribution < -0.4 is 15.5 Å². The quantitative estimate of drug-likeness (QED) is 0.421. The Morgan fingerprint density at radius 3 is 2.60 bits per heavy atom. The van der Waals surface area contributed by atoms with Crippen molar-refractivity contribution in [2.75, 3.05) is 54.9 Å². The van der Waals surface area contributed by atoms with Crippen LogP contribution in [0.15, 0.2) is 48.7 Å². The van der Waals surface area contributed by atoms with Gasteiger partial charge in [0.2, 0.25) is 0 Å². The van der Waals surface area contributed by atoms with Crippen molar-refractivity contribution in [2.45, 2.75) is 44.2 Å². The smallest absolute Gasteiger partial charge is 0.169 e. The number of hydrogen-bond acceptors (Lipinski definition) is 9. The van der Waals surface area contributed by atoms with Gasteiger partial charge in [0.1, 0.15) is 11.4 Å². The van der Waals surface area contributed by atoms with E-state index < -0.39 is 0 Å². The van der Waals surface area contributed by atoms with Crippen LogP contribution in [-0.4, -0.2) is 81.7 Å². The van der Waals surface area contributed by atoms with E-state index in [0.29, 0.717) is 41.7 Å². The molecule has 208 valence electrons. The third kappa shape index (κ3) is 5.55. The predicted octanol–water partition coefficient (Wildman–Crippen LogP) is 3.13. The highest BCUT2D eigenvalue weighted by atomic mass is 16.3. The molecule has 1 aromatic carbocycles. The lowest BCUT2D eigenvalue weighted by Gasteiger charge is -2.43. The molecular formula is C31H37N7O2. The summed E-state index contributed by atoms with van der Waals surface area (Å²) in [6.07, 6.45) is 7.34. The number of pyridine rings is 1. The normalized spacial score (nSPS) is 23.0. The standard InChI is InChI=1S/C31H37N7O2/c32-31-29(18-28(34-35-31)27-7-1-2-8-30(27)40)37-19-25-9-10-26(20-37)38(25)24-11-13-33-23(17-24)6-4-15-36-14-3-5-22(21-39)12-16-36/h1-2,7-8,11,13,17-18,22,25-26,39-40H,3,5,9-10,12,14-16,19-21H2,(H2,32,35). The van der Waals surface area contributed by atoms with Gasteiger partial charge in [-0.1, -0.05) is 18.1 Å². The van der Waals surface area contributed by atoms with E-state index in [-0.39, 0.29) is 5.75 Å². The number of nitrogen functional groups attached to an aromatic ring is 1. The molecule has 3 fully saturated rings. The van der Waals surface area contributed by atoms with Crippen molar-refractivity contribution in [1.82, 2.24) is 20.1 Å². The van der Waals surface area contributed by atoms with E-state index in [4.69, 9.17) is 5.73 Å². The van der Waals surface area contributed by atoms with E-state index >= 15 is 0 Å². The summed E-state index contributed by atoms with van der Waals surface area (Å²) in [6, 6.07) is 14.0. The maximum Gasteiger partial charge on any atom is 0.169 e. The molecule has 0 saturated carbocycles. The van der Waals surface area contributed by atoms with Crippen LogP contribution in [0.2, 0.25) is 0 Å². The minimum absolute atomic E-state index is 0.177. The number of aromatic nitrogens is 3. The van der Waals surface area contributed by atoms with Crippen LogP contribution in [-0.2, 0) is 0 Å². The van der Waals surface area contributed by atoms with Crippen molar-refractivity contribution in [3.05, 3.63) is 54.4 Å². The van der Waals surface area contributed by atoms with Gasteiger partial charge < -0.3 is 25.7 Å². The van der Waals surface area contributed by atoms with Crippen molar-refractivity contribution in [2.24, 2.45) is 5.92 Å². The highest BCUT2D eigenvalue weighted by Crippen LogP contribution is 2.39. The average molecular weight is 540 g/mol. The first-order valence-corrected chi connectivity index (χ1v) is 14.3. The van der Waals surface area contributed by atoms with E-state index in [2.05, 4.69) is 53.9 Å². The van der Waals surface area contributed by atoms with Gasteiger partial charge in [0.05, 0.1) is 17.9 Å². The number of fused-ring (bicyclic) bond motifs is 2. The molecule has 3 aliphatic rings. The zero-order chi connectivity index (χ0) is 27.5. The average Bonchev–Trinajstić information content (AvgIpc) is 3.11. The van der Waals surface area contributed by atoms with Crippen LogP contribution in [0.25, 0.3) is 11.3 Å². The molecule has 2 bridgehead atoms. The Morgan fingerprint density at radius 1 is 0.975 bits per heavy atom. The second kappa shape index (κ2) is 11.7. The minimum atomic E-state index is 0.177. The first kappa shape index (κ1) is 26.4. The first-order valence-electron chi connectivity index (χ1n) is 14.3. The third-order valence-corrected chi connectivity index (χ3v) is 8.56. The Hall–Kier alpha value is -3.87. The van der Waals surface area contributed by atoms with Gasteiger partial charge in [0, 0.05) is 49.2 Å². The molecule has 6 rings (SSSR count). The molecule has 2 aromatic heterocycles. The van der Waals surface area contributed by atoms with E-state index in [1.807, 2.05) is 24.4 Å². The lowest BCUT2D eigenvalue weighted by molar-refractivity contribution is 0.210. The molecule has 0 radical (unpaired) electrons. The highest BCUT2D eigenvalue weighted by Gasteiger charge is 2.40. The summed E-state index contributed by atoms with van der Waals surface area (Å²) in [6.45, 7) is 4.72.